The smallest absolute Gasteiger partial charge is 0.306 e. The molecule has 0 aromatic rings. The molecule has 3 saturated carbocycles. The summed E-state index contributed by atoms with van der Waals surface area (Å²) >= 11 is 0. The number of rotatable bonds is 20. The molecule has 0 heterocycles. The Bertz CT molecular complexity index is 1130. The molecule has 0 radical (unpaired) electrons. The predicted octanol–water partition coefficient (Wildman–Crippen LogP) is 13.3. The summed E-state index contributed by atoms with van der Waals surface area (Å²) in [7, 11) is 0. The molecule has 0 saturated heterocycles. The zero-order valence-corrected chi connectivity index (χ0v) is 32.5. The van der Waals surface area contributed by atoms with Gasteiger partial charge in [0.25, 0.3) is 0 Å². The van der Waals surface area contributed by atoms with Crippen molar-refractivity contribution < 1.29 is 19.7 Å². The van der Waals surface area contributed by atoms with Crippen molar-refractivity contribution in [2.24, 2.45) is 46.3 Å². The summed E-state index contributed by atoms with van der Waals surface area (Å²) < 4.78 is 6.11. The van der Waals surface area contributed by atoms with Crippen molar-refractivity contribution in [3.05, 3.63) is 47.8 Å². The molecule has 4 aliphatic rings. The van der Waals surface area contributed by atoms with Crippen LogP contribution < -0.4 is 0 Å². The van der Waals surface area contributed by atoms with Gasteiger partial charge < -0.3 is 9.62 Å². The lowest BCUT2D eigenvalue weighted by Crippen LogP contribution is -2.51. The highest BCUT2D eigenvalue weighted by Crippen LogP contribution is 2.67. The maximum atomic E-state index is 12.8. The zero-order valence-electron chi connectivity index (χ0n) is 32.5. The van der Waals surface area contributed by atoms with Crippen molar-refractivity contribution in [3.63, 3.8) is 0 Å². The Labute approximate surface area is 301 Å². The van der Waals surface area contributed by atoms with Crippen molar-refractivity contribution in [2.75, 3.05) is 0 Å². The highest BCUT2D eigenvalue weighted by molar-refractivity contribution is 5.69. The molecule has 278 valence electrons. The number of carbonyl (C=O) groups is 1. The summed E-state index contributed by atoms with van der Waals surface area (Å²) in [4.78, 5) is 17.2. The number of unbranched alkanes of at least 4 members (excludes halogenated alkanes) is 5. The lowest BCUT2D eigenvalue weighted by Gasteiger charge is -2.58. The third-order valence-electron chi connectivity index (χ3n) is 13.8. The molecule has 0 amide bonds. The molecule has 3 fully saturated rings. The van der Waals surface area contributed by atoms with Crippen LogP contribution in [0.5, 0.6) is 0 Å². The molecular weight excluding hydrogens is 604 g/mol. The van der Waals surface area contributed by atoms with Crippen LogP contribution >= 0.6 is 0 Å². The third-order valence-corrected chi connectivity index (χ3v) is 13.8. The second kappa shape index (κ2) is 19.7. The maximum absolute atomic E-state index is 12.8. The number of ether oxygens (including phenoxy) is 1. The minimum atomic E-state index is 0.0229. The van der Waals surface area contributed by atoms with Gasteiger partial charge in [-0.2, -0.15) is 0 Å². The summed E-state index contributed by atoms with van der Waals surface area (Å²) in [5.74, 6) is 5.81. The molecule has 0 aliphatic heterocycles. The molecule has 4 nitrogen and oxygen atoms in total. The highest BCUT2D eigenvalue weighted by atomic mass is 17.1. The molecule has 4 heteroatoms. The first-order valence-electron chi connectivity index (χ1n) is 20.8. The van der Waals surface area contributed by atoms with Gasteiger partial charge >= 0.3 is 5.97 Å². The molecular formula is C45H74O4. The van der Waals surface area contributed by atoms with E-state index < -0.39 is 0 Å². The lowest BCUT2D eigenvalue weighted by atomic mass is 9.47. The Morgan fingerprint density at radius 2 is 1.69 bits per heavy atom. The largest absolute Gasteiger partial charge is 0.462 e. The van der Waals surface area contributed by atoms with Crippen LogP contribution in [-0.2, 0) is 14.4 Å². The fraction of sp³-hybridized carbons (Fsp3) is 0.800. The second-order valence-electron chi connectivity index (χ2n) is 17.5. The third kappa shape index (κ3) is 10.8. The van der Waals surface area contributed by atoms with Gasteiger partial charge in [-0.3, -0.25) is 4.79 Å². The summed E-state index contributed by atoms with van der Waals surface area (Å²) in [6, 6.07) is 0. The van der Waals surface area contributed by atoms with E-state index >= 15 is 0 Å². The van der Waals surface area contributed by atoms with Crippen LogP contribution in [0.15, 0.2) is 47.8 Å². The first-order valence-corrected chi connectivity index (χ1v) is 20.8. The molecule has 49 heavy (non-hydrogen) atoms. The number of esters is 1. The Hall–Kier alpha value is -1.81. The van der Waals surface area contributed by atoms with Gasteiger partial charge in [0.15, 0.2) is 0 Å². The van der Waals surface area contributed by atoms with Crippen LogP contribution in [0.3, 0.4) is 0 Å². The summed E-state index contributed by atoms with van der Waals surface area (Å²) in [6.07, 6.45) is 37.3. The first kappa shape index (κ1) is 40.0. The van der Waals surface area contributed by atoms with E-state index in [-0.39, 0.29) is 12.1 Å². The summed E-state index contributed by atoms with van der Waals surface area (Å²) in [5.41, 5.74) is 2.47. The van der Waals surface area contributed by atoms with E-state index in [1.54, 1.807) is 5.57 Å². The van der Waals surface area contributed by atoms with Crippen LogP contribution in [0.25, 0.3) is 0 Å². The van der Waals surface area contributed by atoms with E-state index in [9.17, 15) is 4.79 Å². The van der Waals surface area contributed by atoms with E-state index in [1.165, 1.54) is 77.0 Å². The number of allylic oxidation sites excluding steroid dienone is 6. The number of fused-ring (bicyclic) bond motifs is 5. The molecule has 0 bridgehead atoms. The van der Waals surface area contributed by atoms with E-state index in [1.807, 2.05) is 19.1 Å². The van der Waals surface area contributed by atoms with Crippen LogP contribution in [0.4, 0.5) is 0 Å². The van der Waals surface area contributed by atoms with Crippen LogP contribution in [0.1, 0.15) is 176 Å². The van der Waals surface area contributed by atoms with E-state index in [0.717, 1.165) is 80.5 Å². The Morgan fingerprint density at radius 1 is 0.918 bits per heavy atom. The quantitative estimate of drug-likeness (QED) is 0.0348. The average Bonchev–Trinajstić information content (AvgIpc) is 3.43. The Balaban J connectivity index is 1.12. The first-order chi connectivity index (χ1) is 23.6. The fourth-order valence-electron chi connectivity index (χ4n) is 11.0. The normalized spacial score (nSPS) is 32.2. The molecule has 1 N–H and O–H groups in total. The maximum Gasteiger partial charge on any atom is 0.306 e. The monoisotopic (exact) mass is 679 g/mol. The minimum Gasteiger partial charge on any atom is -0.462 e. The van der Waals surface area contributed by atoms with Crippen LogP contribution in [-0.4, -0.2) is 17.3 Å². The van der Waals surface area contributed by atoms with Gasteiger partial charge in [-0.15, -0.1) is 0 Å². The van der Waals surface area contributed by atoms with Crippen LogP contribution in [0, 0.1) is 46.3 Å². The molecule has 4 aliphatic carbocycles. The Morgan fingerprint density at radius 3 is 2.47 bits per heavy atom. The summed E-state index contributed by atoms with van der Waals surface area (Å²) in [5, 5.41) is 8.82. The van der Waals surface area contributed by atoms with Crippen molar-refractivity contribution in [3.8, 4) is 0 Å². The van der Waals surface area contributed by atoms with Gasteiger partial charge in [0.05, 0.1) is 0 Å². The van der Waals surface area contributed by atoms with E-state index in [0.29, 0.717) is 29.4 Å². The minimum absolute atomic E-state index is 0.0229. The highest BCUT2D eigenvalue weighted by Gasteiger charge is 2.59. The average molecular weight is 679 g/mol. The van der Waals surface area contributed by atoms with Crippen molar-refractivity contribution in [2.45, 2.75) is 182 Å². The van der Waals surface area contributed by atoms with Gasteiger partial charge in [0, 0.05) is 19.3 Å². The molecule has 0 aromatic heterocycles. The van der Waals surface area contributed by atoms with Gasteiger partial charge in [-0.1, -0.05) is 116 Å². The SMILES string of the molecule is CC/C=C(\C/C=C\C/C=C\CCCCCCCC(=O)O[C@H]1CC[C@@]2(C)C(=CC[C@H]3[C@@H]4CC[C@H]([C@H](C)CCCC(C)C)[C@@]4(C)CC[C@@H]32)C1)OO. The van der Waals surface area contributed by atoms with Gasteiger partial charge in [0.1, 0.15) is 11.9 Å². The molecule has 8 atom stereocenters. The zero-order chi connectivity index (χ0) is 35.3. The fourth-order valence-corrected chi connectivity index (χ4v) is 11.0. The van der Waals surface area contributed by atoms with Crippen molar-refractivity contribution in [1.29, 1.82) is 0 Å². The molecule has 4 rings (SSSR count). The number of hydrogen-bond donors (Lipinski definition) is 1. The van der Waals surface area contributed by atoms with Crippen LogP contribution in [0.2, 0.25) is 0 Å². The van der Waals surface area contributed by atoms with Gasteiger partial charge in [-0.05, 0) is 129 Å². The molecule has 0 unspecified atom stereocenters. The Kier molecular flexibility index (Phi) is 16.1. The van der Waals surface area contributed by atoms with E-state index in [4.69, 9.17) is 9.99 Å². The van der Waals surface area contributed by atoms with E-state index in [2.05, 4.69) is 63.8 Å². The molecule has 0 spiro atoms. The standard InChI is InChI=1S/C45H74O4/c1-7-20-37(49-47)23-17-15-13-11-9-8-10-12-14-16-18-24-43(46)48-38-29-31-44(5)36(33-38)25-26-39-41-28-27-40(35(4)22-19-21-34(2)3)45(41,6)32-30-42(39)44/h9,11,15,17,20,25,34-35,38-42,47H,7-8,10,12-14,16,18-19,21-24,26-33H2,1-6H3/b11-9-,17-15-,37-20+/t35-,38+,39+,40-,41+,42+,44+,45-/m1/s1. The second-order valence-corrected chi connectivity index (χ2v) is 17.5. The summed E-state index contributed by atoms with van der Waals surface area (Å²) in [6.45, 7) is 14.6. The number of carbonyl (C=O) groups excluding carboxylic acids is 1. The predicted molar refractivity (Wildman–Crippen MR) is 205 cm³/mol. The van der Waals surface area contributed by atoms with Gasteiger partial charge in [-0.25, -0.2) is 5.26 Å². The van der Waals surface area contributed by atoms with Crippen molar-refractivity contribution in [1.82, 2.24) is 0 Å². The topological polar surface area (TPSA) is 55.8 Å². The lowest BCUT2D eigenvalue weighted by molar-refractivity contribution is -0.204. The van der Waals surface area contributed by atoms with Crippen molar-refractivity contribution >= 4 is 5.97 Å². The van der Waals surface area contributed by atoms with Gasteiger partial charge in [0.2, 0.25) is 0 Å². The molecule has 0 aromatic carbocycles. The number of hydrogen-bond acceptors (Lipinski definition) is 4.